The van der Waals surface area contributed by atoms with Crippen molar-refractivity contribution < 1.29 is 18.0 Å². The van der Waals surface area contributed by atoms with E-state index < -0.39 is 28.5 Å². The largest absolute Gasteiger partial charge is 0.352 e. The first-order valence-electron chi connectivity index (χ1n) is 12.9. The number of nitrogens with one attached hydrogen (secondary N) is 1. The molecule has 208 valence electrons. The first-order valence-corrected chi connectivity index (χ1v) is 14.7. The highest BCUT2D eigenvalue weighted by Crippen LogP contribution is 2.22. The lowest BCUT2D eigenvalue weighted by atomic mass is 10.0. The lowest BCUT2D eigenvalue weighted by molar-refractivity contribution is -0.141. The fourth-order valence-corrected chi connectivity index (χ4v) is 5.38. The van der Waals surface area contributed by atoms with E-state index in [1.54, 1.807) is 30.3 Å². The topological polar surface area (TPSA) is 86.8 Å². The molecule has 3 aromatic rings. The summed E-state index contributed by atoms with van der Waals surface area (Å²) in [6.07, 6.45) is 0.980. The van der Waals surface area contributed by atoms with Crippen LogP contribution in [0.1, 0.15) is 37.0 Å². The smallest absolute Gasteiger partial charge is 0.243 e. The van der Waals surface area contributed by atoms with E-state index >= 15 is 0 Å². The zero-order chi connectivity index (χ0) is 28.6. The Hall–Kier alpha value is -3.20. The molecule has 0 spiro atoms. The number of aryl methyl sites for hydroxylation is 1. The van der Waals surface area contributed by atoms with Gasteiger partial charge in [-0.05, 0) is 49.6 Å². The highest BCUT2D eigenvalue weighted by Gasteiger charge is 2.33. The Kier molecular flexibility index (Phi) is 10.7. The molecule has 0 aromatic heterocycles. The number of benzene rings is 3. The summed E-state index contributed by atoms with van der Waals surface area (Å²) < 4.78 is 27.5. The summed E-state index contributed by atoms with van der Waals surface area (Å²) in [4.78, 5) is 29.0. The molecule has 0 fully saturated rings. The third kappa shape index (κ3) is 8.14. The van der Waals surface area contributed by atoms with Crippen LogP contribution < -0.4 is 5.32 Å². The maximum Gasteiger partial charge on any atom is 0.243 e. The van der Waals surface area contributed by atoms with Crippen molar-refractivity contribution in [3.63, 3.8) is 0 Å². The van der Waals surface area contributed by atoms with Gasteiger partial charge in [-0.25, -0.2) is 8.42 Å². The monoisotopic (exact) mass is 569 g/mol. The van der Waals surface area contributed by atoms with Gasteiger partial charge in [0.1, 0.15) is 6.04 Å². The quantitative estimate of drug-likeness (QED) is 0.339. The molecule has 0 radical (unpaired) electrons. The van der Waals surface area contributed by atoms with Gasteiger partial charge in [-0.15, -0.1) is 0 Å². The van der Waals surface area contributed by atoms with Crippen LogP contribution in [0.2, 0.25) is 5.02 Å². The minimum absolute atomic E-state index is 0.0440. The molecular formula is C30H36ClN3O4S. The molecule has 9 heteroatoms. The standard InChI is InChI=1S/C30H36ClN3O4S/c1-5-23(3)32-30(36)28(19-24-11-7-6-8-12-24)34(20-25-13-9-10-14-27(25)31)29(35)21-33(4)39(37,38)26-17-15-22(2)16-18-26/h6-18,23,28H,5,19-21H2,1-4H3,(H,32,36)/t23-,28-/m0/s1. The van der Waals surface area contributed by atoms with E-state index in [2.05, 4.69) is 5.32 Å². The fraction of sp³-hybridized carbons (Fsp3) is 0.333. The Morgan fingerprint density at radius 2 is 1.56 bits per heavy atom. The highest BCUT2D eigenvalue weighted by molar-refractivity contribution is 7.89. The molecule has 3 rings (SSSR count). The average molecular weight is 570 g/mol. The molecule has 0 bridgehead atoms. The molecule has 2 amide bonds. The van der Waals surface area contributed by atoms with Crippen molar-refractivity contribution in [1.82, 2.24) is 14.5 Å². The summed E-state index contributed by atoms with van der Waals surface area (Å²) in [5.74, 6) is -0.814. The maximum atomic E-state index is 13.9. The van der Waals surface area contributed by atoms with Crippen LogP contribution in [0.3, 0.4) is 0 Å². The van der Waals surface area contributed by atoms with E-state index in [1.807, 2.05) is 57.2 Å². The zero-order valence-electron chi connectivity index (χ0n) is 22.8. The molecule has 0 aliphatic carbocycles. The Balaban J connectivity index is 1.99. The summed E-state index contributed by atoms with van der Waals surface area (Å²) in [7, 11) is -2.57. The summed E-state index contributed by atoms with van der Waals surface area (Å²) in [5, 5.41) is 3.46. The summed E-state index contributed by atoms with van der Waals surface area (Å²) in [5.41, 5.74) is 2.46. The normalized spacial score (nSPS) is 13.1. The average Bonchev–Trinajstić information content (AvgIpc) is 2.92. The minimum Gasteiger partial charge on any atom is -0.352 e. The molecule has 7 nitrogen and oxygen atoms in total. The third-order valence-corrected chi connectivity index (χ3v) is 8.84. The molecule has 0 saturated carbocycles. The third-order valence-electron chi connectivity index (χ3n) is 6.66. The number of likely N-dealkylation sites (N-methyl/N-ethyl adjacent to an activating group) is 1. The number of amides is 2. The van der Waals surface area contributed by atoms with Crippen LogP contribution in [0.25, 0.3) is 0 Å². The highest BCUT2D eigenvalue weighted by atomic mass is 35.5. The van der Waals surface area contributed by atoms with Crippen LogP contribution in [-0.2, 0) is 32.6 Å². The molecule has 0 unspecified atom stereocenters. The van der Waals surface area contributed by atoms with Gasteiger partial charge < -0.3 is 10.2 Å². The predicted octanol–water partition coefficient (Wildman–Crippen LogP) is 4.82. The molecular weight excluding hydrogens is 534 g/mol. The SMILES string of the molecule is CC[C@H](C)NC(=O)[C@H](Cc1ccccc1)N(Cc1ccccc1Cl)C(=O)CN(C)S(=O)(=O)c1ccc(C)cc1. The number of carbonyl (C=O) groups excluding carboxylic acids is 2. The van der Waals surface area contributed by atoms with Gasteiger partial charge in [0.05, 0.1) is 11.4 Å². The predicted molar refractivity (Wildman–Crippen MR) is 155 cm³/mol. The van der Waals surface area contributed by atoms with Crippen molar-refractivity contribution in [3.8, 4) is 0 Å². The first kappa shape index (κ1) is 30.3. The van der Waals surface area contributed by atoms with Crippen LogP contribution in [0.4, 0.5) is 0 Å². The number of nitrogens with zero attached hydrogens (tertiary/aromatic N) is 2. The van der Waals surface area contributed by atoms with E-state index in [0.29, 0.717) is 10.6 Å². The van der Waals surface area contributed by atoms with Crippen molar-refractivity contribution in [2.24, 2.45) is 0 Å². The van der Waals surface area contributed by atoms with Crippen LogP contribution in [0.5, 0.6) is 0 Å². The number of hydrogen-bond donors (Lipinski definition) is 1. The summed E-state index contributed by atoms with van der Waals surface area (Å²) in [6, 6.07) is 22.0. The minimum atomic E-state index is -3.93. The van der Waals surface area contributed by atoms with Gasteiger partial charge in [-0.3, -0.25) is 9.59 Å². The Morgan fingerprint density at radius 1 is 0.949 bits per heavy atom. The Bertz CT molecular complexity index is 1360. The maximum absolute atomic E-state index is 13.9. The Labute approximate surface area is 236 Å². The lowest BCUT2D eigenvalue weighted by Crippen LogP contribution is -2.54. The van der Waals surface area contributed by atoms with Crippen LogP contribution in [0.15, 0.2) is 83.8 Å². The van der Waals surface area contributed by atoms with E-state index in [4.69, 9.17) is 11.6 Å². The first-order chi connectivity index (χ1) is 18.5. The lowest BCUT2D eigenvalue weighted by Gasteiger charge is -2.33. The summed E-state index contributed by atoms with van der Waals surface area (Å²) >= 11 is 6.45. The van der Waals surface area contributed by atoms with E-state index in [1.165, 1.54) is 24.1 Å². The molecule has 39 heavy (non-hydrogen) atoms. The van der Waals surface area contributed by atoms with Gasteiger partial charge in [0.25, 0.3) is 0 Å². The van der Waals surface area contributed by atoms with Crippen LogP contribution in [0, 0.1) is 6.92 Å². The summed E-state index contributed by atoms with van der Waals surface area (Å²) in [6.45, 7) is 5.34. The van der Waals surface area contributed by atoms with Gasteiger partial charge in [0.15, 0.2) is 0 Å². The molecule has 2 atom stereocenters. The number of sulfonamides is 1. The second-order valence-corrected chi connectivity index (χ2v) is 12.2. The molecule has 3 aromatic carbocycles. The molecule has 0 aliphatic rings. The van der Waals surface area contributed by atoms with Crippen molar-refractivity contribution in [2.45, 2.75) is 57.1 Å². The number of hydrogen-bond acceptors (Lipinski definition) is 4. The number of carbonyl (C=O) groups is 2. The van der Waals surface area contributed by atoms with Crippen molar-refractivity contribution in [1.29, 1.82) is 0 Å². The molecule has 1 N–H and O–H groups in total. The second-order valence-electron chi connectivity index (χ2n) is 9.71. The molecule has 0 saturated heterocycles. The van der Waals surface area contributed by atoms with Gasteiger partial charge in [-0.1, -0.05) is 84.8 Å². The van der Waals surface area contributed by atoms with Crippen molar-refractivity contribution in [3.05, 3.63) is 101 Å². The van der Waals surface area contributed by atoms with E-state index in [-0.39, 0.29) is 29.8 Å². The second kappa shape index (κ2) is 13.7. The van der Waals surface area contributed by atoms with Crippen molar-refractivity contribution >= 4 is 33.4 Å². The van der Waals surface area contributed by atoms with Gasteiger partial charge in [-0.2, -0.15) is 4.31 Å². The van der Waals surface area contributed by atoms with E-state index in [0.717, 1.165) is 21.9 Å². The Morgan fingerprint density at radius 3 is 2.18 bits per heavy atom. The molecule has 0 heterocycles. The van der Waals surface area contributed by atoms with Crippen molar-refractivity contribution in [2.75, 3.05) is 13.6 Å². The molecule has 0 aliphatic heterocycles. The van der Waals surface area contributed by atoms with Gasteiger partial charge in [0.2, 0.25) is 21.8 Å². The zero-order valence-corrected chi connectivity index (χ0v) is 24.4. The number of rotatable bonds is 12. The van der Waals surface area contributed by atoms with Crippen LogP contribution >= 0.6 is 11.6 Å². The van der Waals surface area contributed by atoms with Gasteiger partial charge >= 0.3 is 0 Å². The van der Waals surface area contributed by atoms with E-state index in [9.17, 15) is 18.0 Å². The number of halogens is 1. The van der Waals surface area contributed by atoms with Crippen LogP contribution in [-0.4, -0.2) is 55.1 Å². The fourth-order valence-electron chi connectivity index (χ4n) is 4.06. The van der Waals surface area contributed by atoms with Gasteiger partial charge in [0, 0.05) is 31.1 Å².